The van der Waals surface area contributed by atoms with E-state index in [1.807, 2.05) is 18.3 Å². The molecule has 3 fully saturated rings. The summed E-state index contributed by atoms with van der Waals surface area (Å²) in [4.78, 5) is 11.8. The highest BCUT2D eigenvalue weighted by Crippen LogP contribution is 2.45. The van der Waals surface area contributed by atoms with Crippen LogP contribution in [0, 0.1) is 25.7 Å². The van der Waals surface area contributed by atoms with Crippen molar-refractivity contribution in [3.63, 3.8) is 0 Å². The molecule has 0 bridgehead atoms. The van der Waals surface area contributed by atoms with Crippen molar-refractivity contribution in [1.29, 1.82) is 0 Å². The first-order valence-electron chi connectivity index (χ1n) is 16.5. The van der Waals surface area contributed by atoms with E-state index in [2.05, 4.69) is 107 Å². The number of anilines is 3. The van der Waals surface area contributed by atoms with Crippen molar-refractivity contribution < 1.29 is 4.74 Å². The number of aryl methyl sites for hydroxylation is 1. The molecular weight excluding hydrogens is 612 g/mol. The molecule has 3 aliphatic rings. The molecule has 5 heterocycles. The van der Waals surface area contributed by atoms with Gasteiger partial charge >= 0.3 is 0 Å². The Bertz CT molecular complexity index is 1690. The van der Waals surface area contributed by atoms with E-state index >= 15 is 0 Å². The largest absolute Gasteiger partial charge is 0.378 e. The summed E-state index contributed by atoms with van der Waals surface area (Å²) in [6, 6.07) is 23.5. The third-order valence-electron chi connectivity index (χ3n) is 9.79. The Morgan fingerprint density at radius 1 is 0.870 bits per heavy atom. The van der Waals surface area contributed by atoms with Gasteiger partial charge in [-0.1, -0.05) is 31.5 Å². The Morgan fingerprint density at radius 3 is 2.24 bits per heavy atom. The average molecular weight is 655 g/mol. The molecule has 4 aromatic rings. The number of morpholine rings is 1. The smallest absolute Gasteiger partial charge is 0.174 e. The number of ether oxygens (including phenoxy) is 1. The van der Waals surface area contributed by atoms with Crippen LogP contribution in [-0.2, 0) is 4.74 Å². The summed E-state index contributed by atoms with van der Waals surface area (Å²) in [7, 11) is 0. The van der Waals surface area contributed by atoms with E-state index in [0.29, 0.717) is 16.9 Å². The van der Waals surface area contributed by atoms with Gasteiger partial charge in [-0.05, 0) is 111 Å². The second-order valence-corrected chi connectivity index (χ2v) is 14.1. The molecule has 46 heavy (non-hydrogen) atoms. The maximum atomic E-state index is 7.08. The SMILES string of the molecule is Cc1cc([C@@H]2[C@H](c3ccccn3)NC(=S)N2c2ccc(N3C[C@@H](C)C[C@H](C)C3)c(Cl)c2)c(C)n1-c1ccc(N2CCOCC2)cc1. The number of pyridine rings is 1. The molecule has 0 saturated carbocycles. The van der Waals surface area contributed by atoms with Crippen LogP contribution >= 0.6 is 23.8 Å². The van der Waals surface area contributed by atoms with Crippen LogP contribution in [0.25, 0.3) is 5.69 Å². The molecular formula is C37H43ClN6OS. The third kappa shape index (κ3) is 5.87. The molecule has 0 amide bonds. The first-order valence-corrected chi connectivity index (χ1v) is 17.2. The zero-order valence-corrected chi connectivity index (χ0v) is 28.7. The summed E-state index contributed by atoms with van der Waals surface area (Å²) in [5.74, 6) is 1.29. The highest BCUT2D eigenvalue weighted by atomic mass is 35.5. The van der Waals surface area contributed by atoms with Gasteiger partial charge in [0.2, 0.25) is 0 Å². The number of piperidine rings is 1. The van der Waals surface area contributed by atoms with E-state index in [1.165, 1.54) is 29.1 Å². The number of halogens is 1. The predicted octanol–water partition coefficient (Wildman–Crippen LogP) is 7.64. The molecule has 1 N–H and O–H groups in total. The van der Waals surface area contributed by atoms with Crippen LogP contribution < -0.4 is 20.0 Å². The fraction of sp³-hybridized carbons (Fsp3) is 0.405. The van der Waals surface area contributed by atoms with Crippen molar-refractivity contribution in [2.75, 3.05) is 54.1 Å². The van der Waals surface area contributed by atoms with Gasteiger partial charge in [0.1, 0.15) is 0 Å². The number of aromatic nitrogens is 2. The molecule has 0 spiro atoms. The number of hydrogen-bond acceptors (Lipinski definition) is 5. The third-order valence-corrected chi connectivity index (χ3v) is 10.4. The monoisotopic (exact) mass is 654 g/mol. The minimum Gasteiger partial charge on any atom is -0.378 e. The molecule has 240 valence electrons. The van der Waals surface area contributed by atoms with Crippen molar-refractivity contribution >= 4 is 46.0 Å². The van der Waals surface area contributed by atoms with E-state index in [4.69, 9.17) is 33.5 Å². The normalized spacial score (nSPS) is 23.6. The lowest BCUT2D eigenvalue weighted by molar-refractivity contribution is 0.122. The fourth-order valence-corrected chi connectivity index (χ4v) is 8.47. The van der Waals surface area contributed by atoms with Crippen molar-refractivity contribution in [2.45, 2.75) is 46.2 Å². The summed E-state index contributed by atoms with van der Waals surface area (Å²) in [6.45, 7) is 14.5. The lowest BCUT2D eigenvalue weighted by atomic mass is 9.91. The zero-order chi connectivity index (χ0) is 31.9. The van der Waals surface area contributed by atoms with Crippen LogP contribution in [0.4, 0.5) is 17.1 Å². The van der Waals surface area contributed by atoms with Crippen LogP contribution in [-0.4, -0.2) is 54.1 Å². The Kier molecular flexibility index (Phi) is 8.70. The van der Waals surface area contributed by atoms with E-state index in [-0.39, 0.29) is 12.1 Å². The van der Waals surface area contributed by atoms with Crippen LogP contribution in [0.15, 0.2) is 72.9 Å². The Morgan fingerprint density at radius 2 is 1.57 bits per heavy atom. The number of nitrogens with zero attached hydrogens (tertiary/aromatic N) is 5. The second-order valence-electron chi connectivity index (χ2n) is 13.3. The molecule has 3 aliphatic heterocycles. The Labute approximate surface area is 283 Å². The van der Waals surface area contributed by atoms with E-state index in [1.54, 1.807) is 0 Å². The standard InChI is InChI=1S/C37H43ClN6OS/c1-24-19-25(2)23-42(22-24)34-13-12-30(21-32(34)38)44-36(35(40-37(44)46)33-7-5-6-14-39-33)31-20-26(3)43(27(31)4)29-10-8-28(9-11-29)41-15-17-45-18-16-41/h5-14,20-21,24-25,35-36H,15-19,22-23H2,1-4H3,(H,40,46)/t24-,25-,35-,36+/m0/s1. The van der Waals surface area contributed by atoms with E-state index < -0.39 is 0 Å². The highest BCUT2D eigenvalue weighted by molar-refractivity contribution is 7.80. The highest BCUT2D eigenvalue weighted by Gasteiger charge is 2.42. The van der Waals surface area contributed by atoms with Crippen LogP contribution in [0.1, 0.15) is 55.0 Å². The zero-order valence-electron chi connectivity index (χ0n) is 27.1. The van der Waals surface area contributed by atoms with Gasteiger partial charge in [0.05, 0.1) is 41.7 Å². The maximum absolute atomic E-state index is 7.08. The van der Waals surface area contributed by atoms with Gasteiger partial charge < -0.3 is 29.3 Å². The summed E-state index contributed by atoms with van der Waals surface area (Å²) >= 11 is 13.2. The number of benzene rings is 2. The number of nitrogens with one attached hydrogen (secondary N) is 1. The van der Waals surface area contributed by atoms with Gasteiger partial charge in [-0.15, -0.1) is 0 Å². The lowest BCUT2D eigenvalue weighted by Gasteiger charge is -2.37. The van der Waals surface area contributed by atoms with Gasteiger partial charge in [-0.2, -0.15) is 0 Å². The Hall–Kier alpha value is -3.59. The predicted molar refractivity (Wildman–Crippen MR) is 193 cm³/mol. The van der Waals surface area contributed by atoms with E-state index in [0.717, 1.165) is 67.2 Å². The molecule has 7 nitrogen and oxygen atoms in total. The van der Waals surface area contributed by atoms with Crippen LogP contribution in [0.5, 0.6) is 0 Å². The van der Waals surface area contributed by atoms with Gasteiger partial charge in [0.25, 0.3) is 0 Å². The van der Waals surface area contributed by atoms with Crippen molar-refractivity contribution in [2.24, 2.45) is 11.8 Å². The summed E-state index contributed by atoms with van der Waals surface area (Å²) in [6.07, 6.45) is 3.11. The van der Waals surface area contributed by atoms with Gasteiger partial charge in [0.15, 0.2) is 5.11 Å². The fourth-order valence-electron chi connectivity index (χ4n) is 7.83. The number of rotatable bonds is 6. The summed E-state index contributed by atoms with van der Waals surface area (Å²) in [5, 5.41) is 5.06. The molecule has 7 rings (SSSR count). The molecule has 0 radical (unpaired) electrons. The molecule has 0 unspecified atom stereocenters. The molecule has 2 aromatic carbocycles. The van der Waals surface area contributed by atoms with Crippen LogP contribution in [0.3, 0.4) is 0 Å². The first-order chi connectivity index (χ1) is 22.3. The second kappa shape index (κ2) is 12.9. The Balaban J connectivity index is 1.26. The number of hydrogen-bond donors (Lipinski definition) is 1. The molecule has 2 aromatic heterocycles. The molecule has 9 heteroatoms. The summed E-state index contributed by atoms with van der Waals surface area (Å²) < 4.78 is 7.91. The van der Waals surface area contributed by atoms with Gasteiger partial charge in [-0.3, -0.25) is 4.98 Å². The average Bonchev–Trinajstić information content (AvgIpc) is 3.55. The van der Waals surface area contributed by atoms with Crippen molar-refractivity contribution in [3.8, 4) is 5.69 Å². The number of thiocarbonyl (C=S) groups is 1. The van der Waals surface area contributed by atoms with Crippen LogP contribution in [0.2, 0.25) is 5.02 Å². The lowest BCUT2D eigenvalue weighted by Crippen LogP contribution is -2.38. The minimum atomic E-state index is -0.131. The molecule has 3 saturated heterocycles. The summed E-state index contributed by atoms with van der Waals surface area (Å²) in [5.41, 5.74) is 8.96. The van der Waals surface area contributed by atoms with Gasteiger partial charge in [-0.25, -0.2) is 0 Å². The molecule has 0 aliphatic carbocycles. The maximum Gasteiger partial charge on any atom is 0.174 e. The molecule has 4 atom stereocenters. The van der Waals surface area contributed by atoms with Gasteiger partial charge in [0, 0.05) is 60.8 Å². The first kappa shape index (κ1) is 31.0. The van der Waals surface area contributed by atoms with E-state index in [9.17, 15) is 0 Å². The van der Waals surface area contributed by atoms with Crippen molar-refractivity contribution in [3.05, 3.63) is 101 Å². The topological polar surface area (TPSA) is 48.8 Å². The van der Waals surface area contributed by atoms with Crippen molar-refractivity contribution in [1.82, 2.24) is 14.9 Å². The quantitative estimate of drug-likeness (QED) is 0.215. The minimum absolute atomic E-state index is 0.119.